The summed E-state index contributed by atoms with van der Waals surface area (Å²) in [6, 6.07) is 13.9. The maximum atomic E-state index is 12.2. The molecular formula is C21H19BrN2O4. The Morgan fingerprint density at radius 3 is 2.32 bits per heavy atom. The molecule has 2 amide bonds. The molecule has 3 aromatic rings. The molecule has 7 heteroatoms. The molecule has 0 bridgehead atoms. The summed E-state index contributed by atoms with van der Waals surface area (Å²) >= 11 is 3.44. The van der Waals surface area contributed by atoms with Crippen LogP contribution in [0, 0.1) is 13.8 Å². The van der Waals surface area contributed by atoms with E-state index in [4.69, 9.17) is 9.15 Å². The Morgan fingerprint density at radius 2 is 1.68 bits per heavy atom. The van der Waals surface area contributed by atoms with Gasteiger partial charge in [0, 0.05) is 15.8 Å². The molecule has 6 nitrogen and oxygen atoms in total. The van der Waals surface area contributed by atoms with Crippen LogP contribution in [0.3, 0.4) is 0 Å². The van der Waals surface area contributed by atoms with Crippen molar-refractivity contribution in [3.05, 3.63) is 76.2 Å². The average Bonchev–Trinajstić information content (AvgIpc) is 3.16. The van der Waals surface area contributed by atoms with Gasteiger partial charge in [0.25, 0.3) is 11.8 Å². The van der Waals surface area contributed by atoms with Crippen molar-refractivity contribution in [2.45, 2.75) is 13.8 Å². The number of nitrogens with one attached hydrogen (secondary N) is 2. The SMILES string of the molecule is Cc1cc(Br)cc(C)c1OCC(=O)Nc1cccc(NC(=O)c2ccco2)c1. The number of aryl methyl sites for hydroxylation is 2. The molecule has 0 radical (unpaired) electrons. The predicted octanol–water partition coefficient (Wildman–Crippen LogP) is 4.93. The lowest BCUT2D eigenvalue weighted by Crippen LogP contribution is -2.21. The van der Waals surface area contributed by atoms with Gasteiger partial charge in [0.1, 0.15) is 5.75 Å². The van der Waals surface area contributed by atoms with E-state index in [2.05, 4.69) is 26.6 Å². The van der Waals surface area contributed by atoms with Gasteiger partial charge in [-0.25, -0.2) is 0 Å². The molecule has 144 valence electrons. The van der Waals surface area contributed by atoms with Crippen LogP contribution in [-0.2, 0) is 4.79 Å². The van der Waals surface area contributed by atoms with Gasteiger partial charge in [-0.15, -0.1) is 0 Å². The zero-order chi connectivity index (χ0) is 20.1. The van der Waals surface area contributed by atoms with Crippen LogP contribution in [0.2, 0.25) is 0 Å². The van der Waals surface area contributed by atoms with Gasteiger partial charge >= 0.3 is 0 Å². The molecule has 0 aliphatic carbocycles. The normalized spacial score (nSPS) is 10.4. The van der Waals surface area contributed by atoms with Crippen molar-refractivity contribution in [3.63, 3.8) is 0 Å². The first kappa shape index (κ1) is 19.7. The number of anilines is 2. The first-order valence-corrected chi connectivity index (χ1v) is 9.36. The molecule has 0 atom stereocenters. The molecule has 0 unspecified atom stereocenters. The van der Waals surface area contributed by atoms with E-state index in [0.29, 0.717) is 17.1 Å². The highest BCUT2D eigenvalue weighted by molar-refractivity contribution is 9.10. The lowest BCUT2D eigenvalue weighted by Gasteiger charge is -2.13. The van der Waals surface area contributed by atoms with Crippen LogP contribution in [0.1, 0.15) is 21.7 Å². The second kappa shape index (κ2) is 8.75. The van der Waals surface area contributed by atoms with E-state index in [0.717, 1.165) is 15.6 Å². The molecule has 0 aliphatic heterocycles. The molecule has 28 heavy (non-hydrogen) atoms. The molecule has 0 saturated heterocycles. The molecule has 0 spiro atoms. The van der Waals surface area contributed by atoms with Gasteiger partial charge in [-0.05, 0) is 67.4 Å². The van der Waals surface area contributed by atoms with Crippen LogP contribution < -0.4 is 15.4 Å². The number of amides is 2. The van der Waals surface area contributed by atoms with Crippen molar-refractivity contribution in [1.82, 2.24) is 0 Å². The third-order valence-corrected chi connectivity index (χ3v) is 4.38. The third-order valence-electron chi connectivity index (χ3n) is 3.92. The second-order valence-electron chi connectivity index (χ2n) is 6.22. The minimum Gasteiger partial charge on any atom is -0.483 e. The summed E-state index contributed by atoms with van der Waals surface area (Å²) in [5.41, 5.74) is 2.99. The number of benzene rings is 2. The van der Waals surface area contributed by atoms with Crippen molar-refractivity contribution < 1.29 is 18.7 Å². The Balaban J connectivity index is 1.59. The first-order chi connectivity index (χ1) is 13.4. The van der Waals surface area contributed by atoms with Crippen LogP contribution >= 0.6 is 15.9 Å². The summed E-state index contributed by atoms with van der Waals surface area (Å²) < 4.78 is 11.7. The monoisotopic (exact) mass is 442 g/mol. The van der Waals surface area contributed by atoms with Crippen molar-refractivity contribution in [1.29, 1.82) is 0 Å². The van der Waals surface area contributed by atoms with Crippen molar-refractivity contribution in [2.24, 2.45) is 0 Å². The molecule has 0 aliphatic rings. The van der Waals surface area contributed by atoms with Crippen molar-refractivity contribution in [2.75, 3.05) is 17.2 Å². The summed E-state index contributed by atoms with van der Waals surface area (Å²) in [6.07, 6.45) is 1.43. The zero-order valence-electron chi connectivity index (χ0n) is 15.4. The maximum absolute atomic E-state index is 12.2. The molecule has 0 fully saturated rings. The van der Waals surface area contributed by atoms with E-state index in [1.807, 2.05) is 26.0 Å². The van der Waals surface area contributed by atoms with Crippen LogP contribution in [0.25, 0.3) is 0 Å². The third kappa shape index (κ3) is 5.01. The standard InChI is InChI=1S/C21H19BrN2O4/c1-13-9-15(22)10-14(2)20(13)28-12-19(25)23-16-5-3-6-17(11-16)24-21(26)18-7-4-8-27-18/h3-11H,12H2,1-2H3,(H,23,25)(H,24,26). The fourth-order valence-electron chi connectivity index (χ4n) is 2.74. The van der Waals surface area contributed by atoms with E-state index in [-0.39, 0.29) is 24.2 Å². The van der Waals surface area contributed by atoms with Gasteiger partial charge in [0.2, 0.25) is 0 Å². The van der Waals surface area contributed by atoms with E-state index < -0.39 is 0 Å². The van der Waals surface area contributed by atoms with Crippen LogP contribution in [0.5, 0.6) is 5.75 Å². The number of ether oxygens (including phenoxy) is 1. The van der Waals surface area contributed by atoms with Gasteiger partial charge in [-0.2, -0.15) is 0 Å². The number of rotatable bonds is 6. The number of carbonyl (C=O) groups is 2. The molecular weight excluding hydrogens is 424 g/mol. The Morgan fingerprint density at radius 1 is 1.00 bits per heavy atom. The second-order valence-corrected chi connectivity index (χ2v) is 7.13. The van der Waals surface area contributed by atoms with Gasteiger partial charge in [0.05, 0.1) is 6.26 Å². The van der Waals surface area contributed by atoms with Crippen LogP contribution in [0.4, 0.5) is 11.4 Å². The van der Waals surface area contributed by atoms with Crippen molar-refractivity contribution >= 4 is 39.1 Å². The largest absolute Gasteiger partial charge is 0.483 e. The summed E-state index contributed by atoms with van der Waals surface area (Å²) in [5.74, 6) is 0.245. The number of halogens is 1. The quantitative estimate of drug-likeness (QED) is 0.566. The van der Waals surface area contributed by atoms with Gasteiger partial charge in [-0.1, -0.05) is 22.0 Å². The van der Waals surface area contributed by atoms with Gasteiger partial charge in [-0.3, -0.25) is 9.59 Å². The smallest absolute Gasteiger partial charge is 0.291 e. The minimum atomic E-state index is -0.363. The molecule has 2 aromatic carbocycles. The molecule has 2 N–H and O–H groups in total. The Kier molecular flexibility index (Phi) is 6.16. The lowest BCUT2D eigenvalue weighted by molar-refractivity contribution is -0.118. The zero-order valence-corrected chi connectivity index (χ0v) is 17.0. The van der Waals surface area contributed by atoms with E-state index >= 15 is 0 Å². The molecule has 0 saturated carbocycles. The Hall–Kier alpha value is -3.06. The summed E-state index contributed by atoms with van der Waals surface area (Å²) in [6.45, 7) is 3.73. The Labute approximate surface area is 171 Å². The predicted molar refractivity (Wildman–Crippen MR) is 111 cm³/mol. The topological polar surface area (TPSA) is 80.6 Å². The lowest BCUT2D eigenvalue weighted by atomic mass is 10.1. The highest BCUT2D eigenvalue weighted by Gasteiger charge is 2.11. The number of furan rings is 1. The number of hydrogen-bond donors (Lipinski definition) is 2. The van der Waals surface area contributed by atoms with Crippen molar-refractivity contribution in [3.8, 4) is 5.75 Å². The fraction of sp³-hybridized carbons (Fsp3) is 0.143. The Bertz CT molecular complexity index is 976. The molecule has 1 aromatic heterocycles. The van der Waals surface area contributed by atoms with Gasteiger partial charge < -0.3 is 19.8 Å². The summed E-state index contributed by atoms with van der Waals surface area (Å²) in [5, 5.41) is 5.48. The highest BCUT2D eigenvalue weighted by Crippen LogP contribution is 2.27. The van der Waals surface area contributed by atoms with E-state index in [9.17, 15) is 9.59 Å². The number of hydrogen-bond acceptors (Lipinski definition) is 4. The summed E-state index contributed by atoms with van der Waals surface area (Å²) in [7, 11) is 0. The molecule has 1 heterocycles. The van der Waals surface area contributed by atoms with Crippen LogP contribution in [-0.4, -0.2) is 18.4 Å². The highest BCUT2D eigenvalue weighted by atomic mass is 79.9. The number of carbonyl (C=O) groups excluding carboxylic acids is 2. The van der Waals surface area contributed by atoms with E-state index in [1.165, 1.54) is 6.26 Å². The average molecular weight is 443 g/mol. The maximum Gasteiger partial charge on any atom is 0.291 e. The fourth-order valence-corrected chi connectivity index (χ4v) is 3.42. The summed E-state index contributed by atoms with van der Waals surface area (Å²) in [4.78, 5) is 24.3. The van der Waals surface area contributed by atoms with Gasteiger partial charge in [0.15, 0.2) is 12.4 Å². The van der Waals surface area contributed by atoms with E-state index in [1.54, 1.807) is 36.4 Å². The molecule has 3 rings (SSSR count). The first-order valence-electron chi connectivity index (χ1n) is 8.56. The minimum absolute atomic E-state index is 0.119. The van der Waals surface area contributed by atoms with Crippen LogP contribution in [0.15, 0.2) is 63.7 Å².